The third-order valence-electron chi connectivity index (χ3n) is 5.41. The summed E-state index contributed by atoms with van der Waals surface area (Å²) < 4.78 is 11.8. The van der Waals surface area contributed by atoms with E-state index >= 15 is 0 Å². The molecule has 8 nitrogen and oxygen atoms in total. The Morgan fingerprint density at radius 3 is 2.47 bits per heavy atom. The normalized spacial score (nSPS) is 14.4. The Morgan fingerprint density at radius 2 is 1.74 bits per heavy atom. The van der Waals surface area contributed by atoms with Crippen molar-refractivity contribution in [1.29, 1.82) is 0 Å². The molecule has 3 heterocycles. The van der Waals surface area contributed by atoms with Crippen LogP contribution < -0.4 is 15.4 Å². The van der Waals surface area contributed by atoms with Gasteiger partial charge in [0.2, 0.25) is 0 Å². The molecule has 0 amide bonds. The quantitative estimate of drug-likeness (QED) is 0.396. The second-order valence-electron chi connectivity index (χ2n) is 8.90. The van der Waals surface area contributed by atoms with E-state index in [2.05, 4.69) is 30.6 Å². The fourth-order valence-corrected chi connectivity index (χ4v) is 3.63. The largest absolute Gasteiger partial charge is 0.457 e. The number of anilines is 3. The minimum atomic E-state index is -0.293. The highest BCUT2D eigenvalue weighted by atomic mass is 16.5. The van der Waals surface area contributed by atoms with Crippen LogP contribution in [0.5, 0.6) is 11.5 Å². The molecule has 0 fully saturated rings. The summed E-state index contributed by atoms with van der Waals surface area (Å²) in [6.45, 7) is 8.60. The van der Waals surface area contributed by atoms with Crippen molar-refractivity contribution in [2.24, 2.45) is 4.99 Å². The molecule has 0 bridgehead atoms. The first-order chi connectivity index (χ1) is 16.3. The second kappa shape index (κ2) is 8.62. The Kier molecular flexibility index (Phi) is 5.49. The molecule has 5 rings (SSSR count). The summed E-state index contributed by atoms with van der Waals surface area (Å²) in [5, 5.41) is 7.54. The molecule has 172 valence electrons. The lowest BCUT2D eigenvalue weighted by Gasteiger charge is -2.17. The maximum Gasteiger partial charge on any atom is 0.289 e. The molecule has 0 aliphatic carbocycles. The van der Waals surface area contributed by atoms with Crippen molar-refractivity contribution in [3.63, 3.8) is 0 Å². The molecule has 2 aromatic heterocycles. The standard InChI is InChI=1S/C26H26N6O2/c1-16-11-18(7-10-23(16)33-20-8-5-17(2)27-13-20)31-24-21-12-19(6-9-22(21)29-15-30-24)32-25-28-14-26(3,4)34-25/h5-13,15H,14H2,1-4H3,(H,28,32)(H,29,30,31). The molecule has 8 heteroatoms. The number of benzene rings is 2. The average Bonchev–Trinajstić information content (AvgIpc) is 3.15. The van der Waals surface area contributed by atoms with E-state index < -0.39 is 0 Å². The predicted octanol–water partition coefficient (Wildman–Crippen LogP) is 5.75. The van der Waals surface area contributed by atoms with Crippen LogP contribution in [0.2, 0.25) is 0 Å². The van der Waals surface area contributed by atoms with E-state index in [1.54, 1.807) is 12.5 Å². The van der Waals surface area contributed by atoms with E-state index in [1.807, 2.05) is 76.2 Å². The van der Waals surface area contributed by atoms with Crippen molar-refractivity contribution in [3.05, 3.63) is 72.3 Å². The molecule has 1 aliphatic rings. The Bertz CT molecular complexity index is 1380. The number of ether oxygens (including phenoxy) is 2. The zero-order valence-corrected chi connectivity index (χ0v) is 19.6. The number of aromatic nitrogens is 3. The number of nitrogens with one attached hydrogen (secondary N) is 2. The van der Waals surface area contributed by atoms with Gasteiger partial charge in [0.15, 0.2) is 0 Å². The Morgan fingerprint density at radius 1 is 0.912 bits per heavy atom. The predicted molar refractivity (Wildman–Crippen MR) is 134 cm³/mol. The van der Waals surface area contributed by atoms with Gasteiger partial charge >= 0.3 is 0 Å². The molecular formula is C26H26N6O2. The average molecular weight is 455 g/mol. The number of nitrogens with zero attached hydrogens (tertiary/aromatic N) is 4. The van der Waals surface area contributed by atoms with Gasteiger partial charge in [-0.05, 0) is 81.8 Å². The molecule has 0 atom stereocenters. The fraction of sp³-hybridized carbons (Fsp3) is 0.231. The third kappa shape index (κ3) is 4.76. The van der Waals surface area contributed by atoms with E-state index in [-0.39, 0.29) is 5.60 Å². The molecule has 0 spiro atoms. The van der Waals surface area contributed by atoms with Gasteiger partial charge in [0.25, 0.3) is 6.02 Å². The van der Waals surface area contributed by atoms with E-state index in [0.29, 0.717) is 24.1 Å². The highest BCUT2D eigenvalue weighted by Crippen LogP contribution is 2.30. The van der Waals surface area contributed by atoms with Gasteiger partial charge in [-0.15, -0.1) is 0 Å². The molecule has 0 saturated carbocycles. The highest BCUT2D eigenvalue weighted by Gasteiger charge is 2.27. The molecular weight excluding hydrogens is 428 g/mol. The van der Waals surface area contributed by atoms with Crippen LogP contribution in [-0.2, 0) is 4.74 Å². The van der Waals surface area contributed by atoms with Crippen LogP contribution in [0.4, 0.5) is 17.2 Å². The zero-order valence-electron chi connectivity index (χ0n) is 19.6. The van der Waals surface area contributed by atoms with E-state index in [9.17, 15) is 0 Å². The summed E-state index contributed by atoms with van der Waals surface area (Å²) >= 11 is 0. The first-order valence-corrected chi connectivity index (χ1v) is 11.1. The minimum absolute atomic E-state index is 0.293. The Balaban J connectivity index is 1.36. The van der Waals surface area contributed by atoms with Crippen LogP contribution in [0.1, 0.15) is 25.1 Å². The van der Waals surface area contributed by atoms with Gasteiger partial charge in [-0.25, -0.2) is 15.0 Å². The first-order valence-electron chi connectivity index (χ1n) is 11.1. The number of amidine groups is 1. The molecule has 0 saturated heterocycles. The number of aliphatic imine (C=N–C) groups is 1. The number of hydrogen-bond acceptors (Lipinski definition) is 8. The fourth-order valence-electron chi connectivity index (χ4n) is 3.63. The molecule has 0 radical (unpaired) electrons. The lowest BCUT2D eigenvalue weighted by Crippen LogP contribution is -2.26. The Labute approximate surface area is 198 Å². The van der Waals surface area contributed by atoms with Crippen molar-refractivity contribution < 1.29 is 9.47 Å². The number of hydrogen-bond donors (Lipinski definition) is 2. The number of rotatable bonds is 5. The van der Waals surface area contributed by atoms with Crippen molar-refractivity contribution in [2.75, 3.05) is 17.2 Å². The monoisotopic (exact) mass is 454 g/mol. The van der Waals surface area contributed by atoms with Gasteiger partial charge in [0.1, 0.15) is 29.2 Å². The summed E-state index contributed by atoms with van der Waals surface area (Å²) in [6, 6.07) is 16.2. The van der Waals surface area contributed by atoms with E-state index in [1.165, 1.54) is 0 Å². The van der Waals surface area contributed by atoms with E-state index in [0.717, 1.165) is 39.3 Å². The first kappa shape index (κ1) is 21.6. The summed E-state index contributed by atoms with van der Waals surface area (Å²) in [7, 11) is 0. The van der Waals surface area contributed by atoms with Gasteiger partial charge in [-0.3, -0.25) is 4.98 Å². The lowest BCUT2D eigenvalue weighted by atomic mass is 10.1. The van der Waals surface area contributed by atoms with Crippen LogP contribution in [0.25, 0.3) is 10.9 Å². The van der Waals surface area contributed by atoms with Crippen molar-refractivity contribution in [2.45, 2.75) is 33.3 Å². The number of aryl methyl sites for hydroxylation is 2. The van der Waals surface area contributed by atoms with Crippen molar-refractivity contribution in [1.82, 2.24) is 15.0 Å². The van der Waals surface area contributed by atoms with Crippen LogP contribution in [0.15, 0.2) is 66.0 Å². The number of pyridine rings is 1. The summed E-state index contributed by atoms with van der Waals surface area (Å²) in [5.41, 5.74) is 4.24. The SMILES string of the molecule is Cc1ccc(Oc2ccc(Nc3ncnc4ccc(NC5=NCC(C)(C)O5)cc34)cc2C)cn1. The highest BCUT2D eigenvalue weighted by molar-refractivity contribution is 5.97. The summed E-state index contributed by atoms with van der Waals surface area (Å²) in [5.74, 6) is 2.19. The zero-order chi connectivity index (χ0) is 23.7. The summed E-state index contributed by atoms with van der Waals surface area (Å²) in [4.78, 5) is 17.6. The maximum atomic E-state index is 5.99. The molecule has 2 aromatic carbocycles. The van der Waals surface area contributed by atoms with Gasteiger partial charge in [0, 0.05) is 22.5 Å². The number of fused-ring (bicyclic) bond motifs is 1. The smallest absolute Gasteiger partial charge is 0.289 e. The van der Waals surface area contributed by atoms with Gasteiger partial charge in [0.05, 0.1) is 18.3 Å². The molecule has 34 heavy (non-hydrogen) atoms. The van der Waals surface area contributed by atoms with Crippen LogP contribution in [-0.4, -0.2) is 33.1 Å². The lowest BCUT2D eigenvalue weighted by molar-refractivity contribution is 0.130. The van der Waals surface area contributed by atoms with Gasteiger partial charge < -0.3 is 20.1 Å². The topological polar surface area (TPSA) is 93.6 Å². The van der Waals surface area contributed by atoms with Crippen LogP contribution in [0, 0.1) is 13.8 Å². The van der Waals surface area contributed by atoms with Crippen molar-refractivity contribution >= 4 is 34.1 Å². The molecule has 4 aromatic rings. The van der Waals surface area contributed by atoms with Crippen LogP contribution >= 0.6 is 0 Å². The van der Waals surface area contributed by atoms with Crippen LogP contribution in [0.3, 0.4) is 0 Å². The maximum absolute atomic E-state index is 5.99. The van der Waals surface area contributed by atoms with E-state index in [4.69, 9.17) is 9.47 Å². The molecule has 1 aliphatic heterocycles. The molecule has 0 unspecified atom stereocenters. The van der Waals surface area contributed by atoms with Gasteiger partial charge in [-0.1, -0.05) is 0 Å². The molecule has 2 N–H and O–H groups in total. The van der Waals surface area contributed by atoms with Crippen molar-refractivity contribution in [3.8, 4) is 11.5 Å². The summed E-state index contributed by atoms with van der Waals surface area (Å²) in [6.07, 6.45) is 3.28. The second-order valence-corrected chi connectivity index (χ2v) is 8.90. The van der Waals surface area contributed by atoms with Gasteiger partial charge in [-0.2, -0.15) is 0 Å². The Hall–Kier alpha value is -4.20. The minimum Gasteiger partial charge on any atom is -0.457 e. The third-order valence-corrected chi connectivity index (χ3v) is 5.41.